The van der Waals surface area contributed by atoms with Crippen LogP contribution in [0.25, 0.3) is 0 Å². The SMILES string of the molecule is CCCOCCOC(=O)c1ccc(NCCO)cc1. The van der Waals surface area contributed by atoms with Gasteiger partial charge in [-0.25, -0.2) is 4.79 Å². The number of rotatable bonds is 9. The summed E-state index contributed by atoms with van der Waals surface area (Å²) >= 11 is 0. The number of nitrogens with one attached hydrogen (secondary N) is 1. The Morgan fingerprint density at radius 2 is 1.95 bits per heavy atom. The number of carbonyl (C=O) groups excluding carboxylic acids is 1. The molecule has 5 nitrogen and oxygen atoms in total. The Bertz CT molecular complexity index is 364. The summed E-state index contributed by atoms with van der Waals surface area (Å²) in [5.74, 6) is -0.353. The van der Waals surface area contributed by atoms with E-state index in [0.717, 1.165) is 12.1 Å². The van der Waals surface area contributed by atoms with Crippen LogP contribution in [0, 0.1) is 0 Å². The lowest BCUT2D eigenvalue weighted by Crippen LogP contribution is -2.11. The van der Waals surface area contributed by atoms with Crippen LogP contribution >= 0.6 is 0 Å². The van der Waals surface area contributed by atoms with E-state index < -0.39 is 0 Å². The highest BCUT2D eigenvalue weighted by Crippen LogP contribution is 2.10. The van der Waals surface area contributed by atoms with Crippen LogP contribution < -0.4 is 5.32 Å². The monoisotopic (exact) mass is 267 g/mol. The van der Waals surface area contributed by atoms with E-state index in [4.69, 9.17) is 14.6 Å². The highest BCUT2D eigenvalue weighted by Gasteiger charge is 2.06. The van der Waals surface area contributed by atoms with E-state index in [9.17, 15) is 4.79 Å². The summed E-state index contributed by atoms with van der Waals surface area (Å²) in [5, 5.41) is 11.7. The quantitative estimate of drug-likeness (QED) is 0.526. The molecule has 0 bridgehead atoms. The van der Waals surface area contributed by atoms with Gasteiger partial charge < -0.3 is 19.9 Å². The van der Waals surface area contributed by atoms with Gasteiger partial charge in [0.2, 0.25) is 0 Å². The zero-order valence-electron chi connectivity index (χ0n) is 11.2. The molecular weight excluding hydrogens is 246 g/mol. The molecule has 1 rings (SSSR count). The number of benzene rings is 1. The molecule has 0 aliphatic rings. The molecule has 0 saturated heterocycles. The fourth-order valence-corrected chi connectivity index (χ4v) is 1.45. The molecule has 2 N–H and O–H groups in total. The Morgan fingerprint density at radius 1 is 1.21 bits per heavy atom. The van der Waals surface area contributed by atoms with Gasteiger partial charge in [0.05, 0.1) is 18.8 Å². The molecule has 0 aromatic heterocycles. The molecule has 0 unspecified atom stereocenters. The first-order valence-corrected chi connectivity index (χ1v) is 6.47. The van der Waals surface area contributed by atoms with Crippen LogP contribution in [0.15, 0.2) is 24.3 Å². The summed E-state index contributed by atoms with van der Waals surface area (Å²) in [6.45, 7) is 3.96. The van der Waals surface area contributed by atoms with E-state index in [0.29, 0.717) is 25.3 Å². The Labute approximate surface area is 113 Å². The Hall–Kier alpha value is -1.59. The number of anilines is 1. The molecule has 5 heteroatoms. The van der Waals surface area contributed by atoms with Crippen LogP contribution in [-0.4, -0.2) is 44.0 Å². The largest absolute Gasteiger partial charge is 0.460 e. The summed E-state index contributed by atoms with van der Waals surface area (Å²) in [6, 6.07) is 6.93. The van der Waals surface area contributed by atoms with Crippen molar-refractivity contribution in [1.82, 2.24) is 0 Å². The van der Waals surface area contributed by atoms with Gasteiger partial charge >= 0.3 is 5.97 Å². The van der Waals surface area contributed by atoms with Gasteiger partial charge in [0.15, 0.2) is 0 Å². The van der Waals surface area contributed by atoms with Crippen molar-refractivity contribution < 1.29 is 19.4 Å². The number of carbonyl (C=O) groups is 1. The first-order chi connectivity index (χ1) is 9.27. The molecule has 0 heterocycles. The van der Waals surface area contributed by atoms with Gasteiger partial charge in [0.25, 0.3) is 0 Å². The molecule has 0 amide bonds. The minimum Gasteiger partial charge on any atom is -0.460 e. The van der Waals surface area contributed by atoms with Gasteiger partial charge in [0.1, 0.15) is 6.61 Å². The number of ether oxygens (including phenoxy) is 2. The maximum absolute atomic E-state index is 11.7. The lowest BCUT2D eigenvalue weighted by molar-refractivity contribution is 0.0318. The van der Waals surface area contributed by atoms with Gasteiger partial charge in [-0.3, -0.25) is 0 Å². The first-order valence-electron chi connectivity index (χ1n) is 6.47. The highest BCUT2D eigenvalue weighted by molar-refractivity contribution is 5.89. The second-order valence-corrected chi connectivity index (χ2v) is 3.98. The van der Waals surface area contributed by atoms with Gasteiger partial charge in [0, 0.05) is 18.8 Å². The van der Waals surface area contributed by atoms with Gasteiger partial charge in [-0.15, -0.1) is 0 Å². The third-order valence-electron chi connectivity index (χ3n) is 2.37. The van der Waals surface area contributed by atoms with Crippen molar-refractivity contribution >= 4 is 11.7 Å². The van der Waals surface area contributed by atoms with Gasteiger partial charge in [-0.1, -0.05) is 6.92 Å². The lowest BCUT2D eigenvalue weighted by atomic mass is 10.2. The van der Waals surface area contributed by atoms with Crippen molar-refractivity contribution in [2.45, 2.75) is 13.3 Å². The topological polar surface area (TPSA) is 67.8 Å². The molecule has 0 aliphatic carbocycles. The summed E-state index contributed by atoms with van der Waals surface area (Å²) in [6.07, 6.45) is 0.955. The van der Waals surface area contributed by atoms with Crippen molar-refractivity contribution in [1.29, 1.82) is 0 Å². The Morgan fingerprint density at radius 3 is 2.58 bits per heavy atom. The highest BCUT2D eigenvalue weighted by atomic mass is 16.6. The van der Waals surface area contributed by atoms with Crippen LogP contribution in [0.2, 0.25) is 0 Å². The van der Waals surface area contributed by atoms with Crippen molar-refractivity contribution in [3.63, 3.8) is 0 Å². The summed E-state index contributed by atoms with van der Waals surface area (Å²) in [5.41, 5.74) is 1.36. The Kier molecular flexibility index (Phi) is 7.62. The average Bonchev–Trinajstić information content (AvgIpc) is 2.45. The fourth-order valence-electron chi connectivity index (χ4n) is 1.45. The number of hydrogen-bond donors (Lipinski definition) is 2. The summed E-state index contributed by atoms with van der Waals surface area (Å²) in [4.78, 5) is 11.7. The third kappa shape index (κ3) is 6.22. The smallest absolute Gasteiger partial charge is 0.338 e. The van der Waals surface area contributed by atoms with E-state index in [1.807, 2.05) is 6.92 Å². The molecule has 19 heavy (non-hydrogen) atoms. The molecule has 0 fully saturated rings. The van der Waals surface area contributed by atoms with E-state index in [-0.39, 0.29) is 19.2 Å². The van der Waals surface area contributed by atoms with Gasteiger partial charge in [-0.2, -0.15) is 0 Å². The van der Waals surface area contributed by atoms with E-state index in [2.05, 4.69) is 5.32 Å². The second-order valence-electron chi connectivity index (χ2n) is 3.98. The molecule has 0 radical (unpaired) electrons. The standard InChI is InChI=1S/C14H21NO4/c1-2-9-18-10-11-19-14(17)12-3-5-13(6-4-12)15-7-8-16/h3-6,15-16H,2,7-11H2,1H3. The minimum absolute atomic E-state index is 0.0710. The van der Waals surface area contributed by atoms with Crippen molar-refractivity contribution in [2.75, 3.05) is 38.3 Å². The number of aliphatic hydroxyl groups is 1. The van der Waals surface area contributed by atoms with E-state index in [1.165, 1.54) is 0 Å². The molecule has 106 valence electrons. The predicted octanol–water partition coefficient (Wildman–Crippen LogP) is 1.67. The third-order valence-corrected chi connectivity index (χ3v) is 2.37. The first kappa shape index (κ1) is 15.5. The van der Waals surface area contributed by atoms with Crippen LogP contribution in [-0.2, 0) is 9.47 Å². The maximum Gasteiger partial charge on any atom is 0.338 e. The van der Waals surface area contributed by atoms with E-state index >= 15 is 0 Å². The lowest BCUT2D eigenvalue weighted by Gasteiger charge is -2.07. The molecule has 1 aromatic carbocycles. The Balaban J connectivity index is 2.32. The van der Waals surface area contributed by atoms with Crippen molar-refractivity contribution in [3.8, 4) is 0 Å². The number of esters is 1. The van der Waals surface area contributed by atoms with Crippen LogP contribution in [0.3, 0.4) is 0 Å². The minimum atomic E-state index is -0.353. The summed E-state index contributed by atoms with van der Waals surface area (Å²) < 4.78 is 10.3. The molecule has 0 saturated carbocycles. The zero-order valence-corrected chi connectivity index (χ0v) is 11.2. The van der Waals surface area contributed by atoms with Crippen LogP contribution in [0.4, 0.5) is 5.69 Å². The second kappa shape index (κ2) is 9.35. The predicted molar refractivity (Wildman–Crippen MR) is 73.4 cm³/mol. The normalized spacial score (nSPS) is 10.2. The maximum atomic E-state index is 11.7. The van der Waals surface area contributed by atoms with Gasteiger partial charge in [-0.05, 0) is 30.7 Å². The zero-order chi connectivity index (χ0) is 13.9. The molecule has 1 aromatic rings. The summed E-state index contributed by atoms with van der Waals surface area (Å²) in [7, 11) is 0. The number of hydrogen-bond acceptors (Lipinski definition) is 5. The van der Waals surface area contributed by atoms with Crippen LogP contribution in [0.5, 0.6) is 0 Å². The van der Waals surface area contributed by atoms with E-state index in [1.54, 1.807) is 24.3 Å². The number of aliphatic hydroxyl groups excluding tert-OH is 1. The molecular formula is C14H21NO4. The van der Waals surface area contributed by atoms with Crippen LogP contribution in [0.1, 0.15) is 23.7 Å². The van der Waals surface area contributed by atoms with Crippen molar-refractivity contribution in [3.05, 3.63) is 29.8 Å². The molecule has 0 aliphatic heterocycles. The molecule has 0 atom stereocenters. The fraction of sp³-hybridized carbons (Fsp3) is 0.500. The average molecular weight is 267 g/mol. The van der Waals surface area contributed by atoms with Crippen molar-refractivity contribution in [2.24, 2.45) is 0 Å². The molecule has 0 spiro atoms.